The average molecular weight is 620 g/mol. The Balaban J connectivity index is 0.000000168. The summed E-state index contributed by atoms with van der Waals surface area (Å²) in [5.74, 6) is -2.06. The normalized spacial score (nSPS) is 26.2. The van der Waals surface area contributed by atoms with Gasteiger partial charge in [0.1, 0.15) is 0 Å². The summed E-state index contributed by atoms with van der Waals surface area (Å²) in [5, 5.41) is 13.8. The van der Waals surface area contributed by atoms with E-state index in [1.807, 2.05) is 0 Å². The molecule has 42 heavy (non-hydrogen) atoms. The summed E-state index contributed by atoms with van der Waals surface area (Å²) in [6, 6.07) is 8.48. The van der Waals surface area contributed by atoms with E-state index < -0.39 is 52.9 Å². The van der Waals surface area contributed by atoms with E-state index in [2.05, 4.69) is 15.4 Å². The Morgan fingerprint density at radius 1 is 0.786 bits per heavy atom. The summed E-state index contributed by atoms with van der Waals surface area (Å²) < 4.78 is 53.1. The van der Waals surface area contributed by atoms with Gasteiger partial charge in [-0.1, -0.05) is 0 Å². The van der Waals surface area contributed by atoms with E-state index in [9.17, 15) is 36.0 Å². The summed E-state index contributed by atoms with van der Waals surface area (Å²) >= 11 is 0. The highest BCUT2D eigenvalue weighted by molar-refractivity contribution is 7.94. The molecular weight excluding hydrogens is 590 g/mol. The van der Waals surface area contributed by atoms with Gasteiger partial charge in [-0.3, -0.25) is 19.6 Å². The SMILES string of the molecule is COC(=O)c1ccc2c(c1)CCC1(CCNC1=O)S2(=O)=O.O=C(NO)c1ccc2c(c1)CCC1(CCNC1=O)S2(=O)=O. The van der Waals surface area contributed by atoms with Crippen LogP contribution >= 0.6 is 0 Å². The Labute approximate surface area is 241 Å². The Morgan fingerprint density at radius 2 is 1.24 bits per heavy atom. The van der Waals surface area contributed by atoms with Gasteiger partial charge in [-0.25, -0.2) is 27.1 Å². The highest BCUT2D eigenvalue weighted by atomic mass is 32.2. The molecule has 2 saturated heterocycles. The molecule has 2 fully saturated rings. The third-order valence-electron chi connectivity index (χ3n) is 8.57. The van der Waals surface area contributed by atoms with Gasteiger partial charge < -0.3 is 15.4 Å². The molecule has 0 saturated carbocycles. The smallest absolute Gasteiger partial charge is 0.337 e. The minimum atomic E-state index is -3.79. The quantitative estimate of drug-likeness (QED) is 0.205. The first kappa shape index (κ1) is 29.7. The zero-order chi connectivity index (χ0) is 30.5. The molecule has 4 aliphatic heterocycles. The predicted molar refractivity (Wildman–Crippen MR) is 145 cm³/mol. The summed E-state index contributed by atoms with van der Waals surface area (Å²) in [7, 11) is -6.26. The summed E-state index contributed by atoms with van der Waals surface area (Å²) in [4.78, 5) is 47.2. The number of methoxy groups -OCH3 is 1. The predicted octanol–water partition coefficient (Wildman–Crippen LogP) is 0.236. The first-order chi connectivity index (χ1) is 19.8. The van der Waals surface area contributed by atoms with Gasteiger partial charge in [0.05, 0.1) is 22.5 Å². The lowest BCUT2D eigenvalue weighted by atomic mass is 9.95. The number of fused-ring (bicyclic) bond motifs is 2. The van der Waals surface area contributed by atoms with Crippen molar-refractivity contribution in [3.8, 4) is 0 Å². The molecule has 4 heterocycles. The first-order valence-electron chi connectivity index (χ1n) is 13.2. The number of benzene rings is 2. The number of amides is 3. The number of esters is 1. The number of aryl methyl sites for hydroxylation is 2. The van der Waals surface area contributed by atoms with Gasteiger partial charge in [0.25, 0.3) is 5.91 Å². The Kier molecular flexibility index (Phi) is 7.39. The minimum Gasteiger partial charge on any atom is -0.465 e. The zero-order valence-electron chi connectivity index (χ0n) is 22.6. The highest BCUT2D eigenvalue weighted by Crippen LogP contribution is 2.43. The molecule has 2 spiro atoms. The van der Waals surface area contributed by atoms with Crippen LogP contribution in [0.2, 0.25) is 0 Å². The second-order valence-corrected chi connectivity index (χ2v) is 15.0. The third kappa shape index (κ3) is 4.29. The molecule has 224 valence electrons. The van der Waals surface area contributed by atoms with Crippen LogP contribution < -0.4 is 16.1 Å². The Bertz CT molecular complexity index is 1610. The molecule has 0 aliphatic carbocycles. The van der Waals surface area contributed by atoms with Crippen LogP contribution in [-0.4, -0.2) is 75.4 Å². The van der Waals surface area contributed by atoms with Crippen LogP contribution in [0.25, 0.3) is 0 Å². The monoisotopic (exact) mass is 619 g/mol. The molecule has 0 aromatic heterocycles. The van der Waals surface area contributed by atoms with Gasteiger partial charge >= 0.3 is 5.97 Å². The number of hydroxylamine groups is 1. The van der Waals surface area contributed by atoms with Crippen molar-refractivity contribution in [1.29, 1.82) is 0 Å². The lowest BCUT2D eigenvalue weighted by Gasteiger charge is -2.31. The molecule has 13 nitrogen and oxygen atoms in total. The van der Waals surface area contributed by atoms with Crippen molar-refractivity contribution in [3.05, 3.63) is 58.7 Å². The van der Waals surface area contributed by atoms with E-state index in [0.29, 0.717) is 49.0 Å². The molecule has 3 amide bonds. The van der Waals surface area contributed by atoms with Gasteiger partial charge in [-0.05, 0) is 86.1 Å². The Hall–Kier alpha value is -3.82. The number of rotatable bonds is 2. The van der Waals surface area contributed by atoms with Crippen LogP contribution in [0, 0.1) is 0 Å². The summed E-state index contributed by atoms with van der Waals surface area (Å²) in [5.41, 5.74) is 3.08. The second-order valence-electron chi connectivity index (χ2n) is 10.6. The van der Waals surface area contributed by atoms with Crippen LogP contribution in [-0.2, 0) is 46.8 Å². The number of ether oxygens (including phenoxy) is 1. The van der Waals surface area contributed by atoms with Crippen molar-refractivity contribution in [3.63, 3.8) is 0 Å². The number of hydrogen-bond acceptors (Lipinski definition) is 10. The molecular formula is C27H29N3O10S2. The number of carbonyl (C=O) groups excluding carboxylic acids is 4. The fraction of sp³-hybridized carbons (Fsp3) is 0.407. The van der Waals surface area contributed by atoms with Crippen molar-refractivity contribution in [2.45, 2.75) is 57.8 Å². The van der Waals surface area contributed by atoms with E-state index in [1.54, 1.807) is 6.07 Å². The number of hydrogen-bond donors (Lipinski definition) is 4. The second kappa shape index (κ2) is 10.5. The van der Waals surface area contributed by atoms with Crippen LogP contribution in [0.1, 0.15) is 57.5 Å². The third-order valence-corrected chi connectivity index (χ3v) is 13.8. The molecule has 0 radical (unpaired) electrons. The molecule has 2 aromatic rings. The molecule has 2 unspecified atom stereocenters. The van der Waals surface area contributed by atoms with Crippen LogP contribution in [0.5, 0.6) is 0 Å². The topological polar surface area (TPSA) is 202 Å². The fourth-order valence-electron chi connectivity index (χ4n) is 6.18. The van der Waals surface area contributed by atoms with Crippen molar-refractivity contribution in [2.75, 3.05) is 20.2 Å². The van der Waals surface area contributed by atoms with Crippen molar-refractivity contribution in [1.82, 2.24) is 16.1 Å². The number of carbonyl (C=O) groups is 4. The maximum Gasteiger partial charge on any atom is 0.337 e. The van der Waals surface area contributed by atoms with Gasteiger partial charge in [-0.15, -0.1) is 0 Å². The van der Waals surface area contributed by atoms with Crippen molar-refractivity contribution in [2.24, 2.45) is 0 Å². The van der Waals surface area contributed by atoms with Crippen LogP contribution in [0.4, 0.5) is 0 Å². The first-order valence-corrected chi connectivity index (χ1v) is 16.2. The largest absolute Gasteiger partial charge is 0.465 e. The Morgan fingerprint density at radius 3 is 1.64 bits per heavy atom. The molecule has 2 atom stereocenters. The van der Waals surface area contributed by atoms with E-state index in [0.717, 1.165) is 0 Å². The van der Waals surface area contributed by atoms with Gasteiger partial charge in [-0.2, -0.15) is 0 Å². The summed E-state index contributed by atoms with van der Waals surface area (Å²) in [6.45, 7) is 0.742. The van der Waals surface area contributed by atoms with E-state index in [1.165, 1.54) is 42.9 Å². The lowest BCUT2D eigenvalue weighted by Crippen LogP contribution is -2.48. The molecule has 6 rings (SSSR count). The highest BCUT2D eigenvalue weighted by Gasteiger charge is 2.57. The fourth-order valence-corrected chi connectivity index (χ4v) is 10.6. The van der Waals surface area contributed by atoms with Crippen LogP contribution in [0.3, 0.4) is 0 Å². The van der Waals surface area contributed by atoms with Gasteiger partial charge in [0, 0.05) is 18.7 Å². The molecule has 0 bridgehead atoms. The molecule has 4 N–H and O–H groups in total. The molecule has 15 heteroatoms. The maximum absolute atomic E-state index is 12.8. The standard InChI is InChI=1S/C14H15NO5S.C13H14N2O5S/c1-20-12(16)10-2-3-11-9(8-10)4-5-14(21(11,18)19)6-7-15-13(14)17;16-11(15-18)9-1-2-10-8(7-9)3-4-13(21(10,19)20)5-6-14-12(13)17/h2-3,8H,4-7H2,1H3,(H,15,17);1-2,7,18H,3-6H2,(H,14,17)(H,15,16). The molecule has 4 aliphatic rings. The van der Waals surface area contributed by atoms with Gasteiger partial charge in [0.15, 0.2) is 29.2 Å². The number of nitrogens with one attached hydrogen (secondary N) is 3. The summed E-state index contributed by atoms with van der Waals surface area (Å²) in [6.07, 6.45) is 1.87. The maximum atomic E-state index is 12.8. The van der Waals surface area contributed by atoms with E-state index in [-0.39, 0.29) is 34.6 Å². The minimum absolute atomic E-state index is 0.0975. The van der Waals surface area contributed by atoms with E-state index in [4.69, 9.17) is 5.21 Å². The van der Waals surface area contributed by atoms with Crippen molar-refractivity contribution >= 4 is 43.4 Å². The van der Waals surface area contributed by atoms with E-state index >= 15 is 0 Å². The van der Waals surface area contributed by atoms with Crippen molar-refractivity contribution < 1.29 is 46.0 Å². The van der Waals surface area contributed by atoms with Crippen LogP contribution in [0.15, 0.2) is 46.2 Å². The van der Waals surface area contributed by atoms with Gasteiger partial charge in [0.2, 0.25) is 11.8 Å². The number of sulfone groups is 2. The zero-order valence-corrected chi connectivity index (χ0v) is 24.2. The lowest BCUT2D eigenvalue weighted by molar-refractivity contribution is -0.122. The average Bonchev–Trinajstić information content (AvgIpc) is 3.55. The molecule has 2 aromatic carbocycles.